The van der Waals surface area contributed by atoms with Gasteiger partial charge in [-0.3, -0.25) is 9.52 Å². The van der Waals surface area contributed by atoms with E-state index in [1.807, 2.05) is 0 Å². The second kappa shape index (κ2) is 7.30. The Kier molecular flexibility index (Phi) is 4.83. The Bertz CT molecular complexity index is 1250. The third-order valence-corrected chi connectivity index (χ3v) is 6.53. The highest BCUT2D eigenvalue weighted by atomic mass is 79.9. The van der Waals surface area contributed by atoms with E-state index in [-0.39, 0.29) is 15.7 Å². The molecule has 0 unspecified atom stereocenters. The first-order chi connectivity index (χ1) is 13.4. The van der Waals surface area contributed by atoms with Gasteiger partial charge in [-0.2, -0.15) is 5.10 Å². The van der Waals surface area contributed by atoms with E-state index in [1.165, 1.54) is 46.3 Å². The molecule has 0 radical (unpaired) electrons. The monoisotopic (exact) mass is 478 g/mol. The van der Waals surface area contributed by atoms with E-state index in [9.17, 15) is 13.2 Å². The van der Waals surface area contributed by atoms with Gasteiger partial charge in [0.2, 0.25) is 0 Å². The summed E-state index contributed by atoms with van der Waals surface area (Å²) < 4.78 is 29.0. The number of hydrogen-bond acceptors (Lipinski definition) is 7. The lowest BCUT2D eigenvalue weighted by atomic mass is 10.3. The number of carbonyl (C=O) groups excluding carboxylic acids is 1. The quantitative estimate of drug-likeness (QED) is 0.455. The molecule has 0 saturated heterocycles. The second-order valence-corrected chi connectivity index (χ2v) is 8.84. The predicted molar refractivity (Wildman–Crippen MR) is 108 cm³/mol. The summed E-state index contributed by atoms with van der Waals surface area (Å²) in [5.74, 6) is -0.450. The van der Waals surface area contributed by atoms with E-state index in [2.05, 4.69) is 41.0 Å². The van der Waals surface area contributed by atoms with Crippen LogP contribution in [0.25, 0.3) is 5.65 Å². The lowest BCUT2D eigenvalue weighted by Gasteiger charge is -2.07. The number of halogens is 1. The van der Waals surface area contributed by atoms with Crippen LogP contribution in [0.4, 0.5) is 10.8 Å². The highest BCUT2D eigenvalue weighted by molar-refractivity contribution is 9.10. The number of thiazole rings is 1. The molecule has 0 atom stereocenters. The van der Waals surface area contributed by atoms with E-state index in [0.717, 1.165) is 0 Å². The van der Waals surface area contributed by atoms with E-state index in [1.54, 1.807) is 23.8 Å². The molecule has 0 aliphatic rings. The van der Waals surface area contributed by atoms with Gasteiger partial charge in [-0.15, -0.1) is 11.3 Å². The Morgan fingerprint density at radius 3 is 2.61 bits per heavy atom. The van der Waals surface area contributed by atoms with Crippen molar-refractivity contribution in [1.82, 2.24) is 19.6 Å². The van der Waals surface area contributed by atoms with Crippen LogP contribution in [-0.4, -0.2) is 33.9 Å². The Balaban J connectivity index is 1.52. The van der Waals surface area contributed by atoms with Crippen molar-refractivity contribution in [2.45, 2.75) is 4.90 Å². The van der Waals surface area contributed by atoms with Crippen molar-refractivity contribution >= 4 is 59.7 Å². The van der Waals surface area contributed by atoms with Crippen LogP contribution < -0.4 is 10.0 Å². The van der Waals surface area contributed by atoms with Gasteiger partial charge in [0.05, 0.1) is 9.37 Å². The molecule has 0 bridgehead atoms. The molecular weight excluding hydrogens is 468 g/mol. The zero-order valence-corrected chi connectivity index (χ0v) is 17.1. The Labute approximate surface area is 171 Å². The van der Waals surface area contributed by atoms with Crippen molar-refractivity contribution < 1.29 is 13.2 Å². The maximum Gasteiger partial charge on any atom is 0.277 e. The second-order valence-electron chi connectivity index (χ2n) is 5.47. The van der Waals surface area contributed by atoms with Crippen LogP contribution in [0, 0.1) is 0 Å². The van der Waals surface area contributed by atoms with Crippen LogP contribution >= 0.6 is 27.3 Å². The minimum atomic E-state index is -3.75. The third-order valence-electron chi connectivity index (χ3n) is 3.63. The van der Waals surface area contributed by atoms with Crippen molar-refractivity contribution in [3.05, 3.63) is 64.5 Å². The molecule has 9 nitrogen and oxygen atoms in total. The van der Waals surface area contributed by atoms with E-state index in [4.69, 9.17) is 0 Å². The number of benzene rings is 1. The van der Waals surface area contributed by atoms with Crippen molar-refractivity contribution in [3.63, 3.8) is 0 Å². The van der Waals surface area contributed by atoms with Gasteiger partial charge in [0, 0.05) is 29.7 Å². The number of nitrogens with one attached hydrogen (secondary N) is 2. The summed E-state index contributed by atoms with van der Waals surface area (Å²) in [5.41, 5.74) is 1.11. The molecule has 0 spiro atoms. The molecule has 1 amide bonds. The standard InChI is InChI=1S/C16H11BrN6O3S2/c17-12-13(21-23-8-1-6-18-14(12)23)15(24)20-10-2-4-11(5-3-10)28(25,26)22-16-19-7-9-27-16/h1-9H,(H,19,22)(H,20,24). The summed E-state index contributed by atoms with van der Waals surface area (Å²) in [6.45, 7) is 0. The van der Waals surface area contributed by atoms with Gasteiger partial charge in [-0.25, -0.2) is 22.9 Å². The molecule has 1 aromatic carbocycles. The first-order valence-electron chi connectivity index (χ1n) is 7.76. The highest BCUT2D eigenvalue weighted by Gasteiger charge is 2.19. The molecule has 2 N–H and O–H groups in total. The average molecular weight is 479 g/mol. The lowest BCUT2D eigenvalue weighted by molar-refractivity contribution is 0.102. The minimum absolute atomic E-state index is 0.0545. The first-order valence-corrected chi connectivity index (χ1v) is 10.9. The van der Waals surface area contributed by atoms with Gasteiger partial charge >= 0.3 is 0 Å². The van der Waals surface area contributed by atoms with E-state index >= 15 is 0 Å². The SMILES string of the molecule is O=C(Nc1ccc(S(=O)(=O)Nc2nccs2)cc1)c1nn2cccnc2c1Br. The maximum atomic E-state index is 12.5. The van der Waals surface area contributed by atoms with Crippen LogP contribution in [-0.2, 0) is 10.0 Å². The molecule has 0 aliphatic heterocycles. The average Bonchev–Trinajstić information content (AvgIpc) is 3.30. The van der Waals surface area contributed by atoms with Crippen molar-refractivity contribution in [1.29, 1.82) is 0 Å². The van der Waals surface area contributed by atoms with Crippen LogP contribution in [0.1, 0.15) is 10.5 Å². The minimum Gasteiger partial charge on any atom is -0.321 e. The summed E-state index contributed by atoms with van der Waals surface area (Å²) in [4.78, 5) is 20.6. The van der Waals surface area contributed by atoms with E-state index in [0.29, 0.717) is 15.8 Å². The molecule has 0 aliphatic carbocycles. The number of rotatable bonds is 5. The lowest BCUT2D eigenvalue weighted by Crippen LogP contribution is -2.14. The molecule has 0 saturated carbocycles. The molecule has 12 heteroatoms. The number of nitrogens with zero attached hydrogens (tertiary/aromatic N) is 4. The van der Waals surface area contributed by atoms with E-state index < -0.39 is 15.9 Å². The number of amides is 1. The van der Waals surface area contributed by atoms with Crippen LogP contribution in [0.15, 0.2) is 63.7 Å². The molecule has 0 fully saturated rings. The number of fused-ring (bicyclic) bond motifs is 1. The number of carbonyl (C=O) groups is 1. The summed E-state index contributed by atoms with van der Waals surface area (Å²) in [6, 6.07) is 7.48. The fourth-order valence-corrected chi connectivity index (χ4v) is 4.69. The zero-order chi connectivity index (χ0) is 19.7. The van der Waals surface area contributed by atoms with Gasteiger partial charge in [0.1, 0.15) is 0 Å². The fourth-order valence-electron chi connectivity index (χ4n) is 2.36. The Morgan fingerprint density at radius 1 is 1.14 bits per heavy atom. The topological polar surface area (TPSA) is 118 Å². The number of hydrogen-bond donors (Lipinski definition) is 2. The molecule has 28 heavy (non-hydrogen) atoms. The smallest absolute Gasteiger partial charge is 0.277 e. The van der Waals surface area contributed by atoms with Crippen molar-refractivity contribution in [2.24, 2.45) is 0 Å². The van der Waals surface area contributed by atoms with Crippen LogP contribution in [0.3, 0.4) is 0 Å². The normalized spacial score (nSPS) is 11.5. The number of anilines is 2. The summed E-state index contributed by atoms with van der Waals surface area (Å²) in [5, 5.41) is 8.83. The summed E-state index contributed by atoms with van der Waals surface area (Å²) in [7, 11) is -3.75. The molecule has 3 aromatic heterocycles. The van der Waals surface area contributed by atoms with Gasteiger partial charge in [-0.1, -0.05) is 0 Å². The zero-order valence-electron chi connectivity index (χ0n) is 13.9. The number of aromatic nitrogens is 4. The molecule has 3 heterocycles. The number of sulfonamides is 1. The summed E-state index contributed by atoms with van der Waals surface area (Å²) >= 11 is 4.51. The molecule has 4 rings (SSSR count). The largest absolute Gasteiger partial charge is 0.321 e. The van der Waals surface area contributed by atoms with Crippen molar-refractivity contribution in [3.8, 4) is 0 Å². The fraction of sp³-hybridized carbons (Fsp3) is 0. The van der Waals surface area contributed by atoms with Crippen molar-refractivity contribution in [2.75, 3.05) is 10.0 Å². The summed E-state index contributed by atoms with van der Waals surface area (Å²) in [6.07, 6.45) is 4.79. The molecule has 4 aromatic rings. The predicted octanol–water partition coefficient (Wildman–Crippen LogP) is 3.00. The highest BCUT2D eigenvalue weighted by Crippen LogP contribution is 2.23. The maximum absolute atomic E-state index is 12.5. The Morgan fingerprint density at radius 2 is 1.93 bits per heavy atom. The third kappa shape index (κ3) is 3.61. The van der Waals surface area contributed by atoms with Gasteiger partial charge in [-0.05, 0) is 46.3 Å². The van der Waals surface area contributed by atoms with Crippen LogP contribution in [0.2, 0.25) is 0 Å². The van der Waals surface area contributed by atoms with Gasteiger partial charge < -0.3 is 5.32 Å². The van der Waals surface area contributed by atoms with Gasteiger partial charge in [0.25, 0.3) is 15.9 Å². The Hall–Kier alpha value is -2.83. The van der Waals surface area contributed by atoms with Gasteiger partial charge in [0.15, 0.2) is 16.5 Å². The molecular formula is C16H11BrN6O3S2. The molecule has 142 valence electrons. The van der Waals surface area contributed by atoms with Crippen LogP contribution in [0.5, 0.6) is 0 Å². The first kappa shape index (κ1) is 18.5.